The van der Waals surface area contributed by atoms with Crippen molar-refractivity contribution in [3.63, 3.8) is 0 Å². The number of amides is 3. The normalized spacial score (nSPS) is 18.0. The molecule has 0 aromatic carbocycles. The zero-order valence-corrected chi connectivity index (χ0v) is 59.9. The van der Waals surface area contributed by atoms with Crippen LogP contribution in [0.25, 0.3) is 0 Å². The van der Waals surface area contributed by atoms with E-state index in [9.17, 15) is 38.4 Å². The minimum absolute atomic E-state index is 0.120. The van der Waals surface area contributed by atoms with E-state index in [1.165, 1.54) is 115 Å². The van der Waals surface area contributed by atoms with Crippen LogP contribution in [0.5, 0.6) is 0 Å². The third-order valence-electron chi connectivity index (χ3n) is 15.7. The number of hydrogen-bond donors (Lipinski definition) is 5. The Hall–Kier alpha value is -6.39. The molecule has 0 bridgehead atoms. The van der Waals surface area contributed by atoms with Gasteiger partial charge in [-0.25, -0.2) is 4.79 Å². The number of carboxylic acids is 1. The van der Waals surface area contributed by atoms with Crippen LogP contribution in [0.2, 0.25) is 0 Å². The van der Waals surface area contributed by atoms with Gasteiger partial charge in [-0.1, -0.05) is 206 Å². The number of carbonyl (C=O) groups is 8. The van der Waals surface area contributed by atoms with E-state index in [2.05, 4.69) is 64.4 Å². The Kier molecular flexibility index (Phi) is 52.2. The number of ether oxygens (including phenoxy) is 4. The second-order valence-corrected chi connectivity index (χ2v) is 25.2. The lowest BCUT2D eigenvalue weighted by Crippen LogP contribution is -2.27. The minimum Gasteiger partial charge on any atom is -0.479 e. The van der Waals surface area contributed by atoms with E-state index in [-0.39, 0.29) is 64.9 Å². The Balaban J connectivity index is 0.00000121. The molecule has 3 fully saturated rings. The Morgan fingerprint density at radius 3 is 1.01 bits per heavy atom. The van der Waals surface area contributed by atoms with E-state index >= 15 is 0 Å². The van der Waals surface area contributed by atoms with Crippen LogP contribution in [0.15, 0.2) is 82.5 Å². The van der Waals surface area contributed by atoms with Gasteiger partial charge in [0, 0.05) is 18.2 Å². The molecule has 0 radical (unpaired) electrons. The summed E-state index contributed by atoms with van der Waals surface area (Å²) in [7, 11) is 0. The highest BCUT2D eigenvalue weighted by atomic mass is 16.5. The third-order valence-corrected chi connectivity index (χ3v) is 15.7. The van der Waals surface area contributed by atoms with E-state index in [1.807, 2.05) is 34.6 Å². The fourth-order valence-corrected chi connectivity index (χ4v) is 10.2. The molecule has 0 spiro atoms. The van der Waals surface area contributed by atoms with Gasteiger partial charge in [0.05, 0.1) is 6.42 Å². The lowest BCUT2D eigenvalue weighted by Gasteiger charge is -2.14. The number of rotatable bonds is 47. The number of aliphatic carboxylic acids is 1. The van der Waals surface area contributed by atoms with Gasteiger partial charge in [-0.3, -0.25) is 54.9 Å². The number of nitrogens with one attached hydrogen (secondary N) is 4. The fourth-order valence-electron chi connectivity index (χ4n) is 10.2. The molecule has 5 N–H and O–H groups in total. The molecule has 4 atom stereocenters. The zero-order chi connectivity index (χ0) is 69.6. The summed E-state index contributed by atoms with van der Waals surface area (Å²) in [6, 6.07) is 0. The SMILES string of the molecule is CCCCCC/C(C)=C/C(=O)/C=C1\NC(=O)C(CCCC)O1.CCCCCCC/C(C)=C/C(=O)/C=C1\NC(=O)C(CCCC)O1.CCCCCCC/C(C)=C/C(=O)/C=C1\NC(=O)C(CCCCC)O1.CCCCCCC/C(C)=C/C(=O)CC(=N)OC(CCCC)C(=O)O. The van der Waals surface area contributed by atoms with Gasteiger partial charge < -0.3 is 24.1 Å². The van der Waals surface area contributed by atoms with Gasteiger partial charge >= 0.3 is 5.97 Å². The molecule has 17 nitrogen and oxygen atoms in total. The second kappa shape index (κ2) is 56.0. The average Bonchev–Trinajstić information content (AvgIpc) is 1.84. The molecular formula is C76H126N4O13. The van der Waals surface area contributed by atoms with Gasteiger partial charge in [-0.15, -0.1) is 0 Å². The molecule has 3 aliphatic rings. The summed E-state index contributed by atoms with van der Waals surface area (Å²) < 4.78 is 21.7. The van der Waals surface area contributed by atoms with Crippen molar-refractivity contribution < 1.29 is 62.4 Å². The summed E-state index contributed by atoms with van der Waals surface area (Å²) in [5, 5.41) is 24.7. The van der Waals surface area contributed by atoms with E-state index in [4.69, 9.17) is 29.5 Å². The number of carbonyl (C=O) groups excluding carboxylic acids is 7. The van der Waals surface area contributed by atoms with Crippen LogP contribution in [-0.2, 0) is 57.3 Å². The predicted molar refractivity (Wildman–Crippen MR) is 375 cm³/mol. The first-order chi connectivity index (χ1) is 44.6. The Morgan fingerprint density at radius 1 is 0.419 bits per heavy atom. The number of allylic oxidation sites excluding steroid dienone is 11. The van der Waals surface area contributed by atoms with Crippen molar-refractivity contribution >= 4 is 52.7 Å². The monoisotopic (exact) mass is 1300 g/mol. The molecule has 93 heavy (non-hydrogen) atoms. The molecule has 0 aliphatic carbocycles. The Bertz CT molecular complexity index is 2450. The maximum atomic E-state index is 12.0. The number of carboxylic acid groups (broad SMARTS) is 1. The molecule has 3 rings (SSSR count). The van der Waals surface area contributed by atoms with Gasteiger partial charge in [0.15, 0.2) is 71.1 Å². The van der Waals surface area contributed by atoms with Crippen molar-refractivity contribution in [3.05, 3.63) is 82.5 Å². The summed E-state index contributed by atoms with van der Waals surface area (Å²) in [4.78, 5) is 94.2. The first-order valence-electron chi connectivity index (χ1n) is 36.0. The van der Waals surface area contributed by atoms with Crippen molar-refractivity contribution in [2.24, 2.45) is 0 Å². The molecule has 3 saturated heterocycles. The molecule has 0 saturated carbocycles. The molecule has 0 aromatic heterocycles. The van der Waals surface area contributed by atoms with Crippen LogP contribution in [0.4, 0.5) is 0 Å². The molecule has 17 heteroatoms. The minimum atomic E-state index is -1.08. The van der Waals surface area contributed by atoms with Crippen LogP contribution in [0, 0.1) is 5.41 Å². The van der Waals surface area contributed by atoms with E-state index < -0.39 is 30.4 Å². The van der Waals surface area contributed by atoms with Crippen LogP contribution in [0.3, 0.4) is 0 Å². The van der Waals surface area contributed by atoms with Gasteiger partial charge in [-0.2, -0.15) is 0 Å². The van der Waals surface area contributed by atoms with Gasteiger partial charge in [0.25, 0.3) is 17.7 Å². The molecule has 3 amide bonds. The third kappa shape index (κ3) is 46.4. The smallest absolute Gasteiger partial charge is 0.344 e. The fraction of sp³-hybridized carbons (Fsp3) is 0.697. The van der Waals surface area contributed by atoms with Crippen LogP contribution in [0.1, 0.15) is 321 Å². The van der Waals surface area contributed by atoms with Crippen LogP contribution in [-0.4, -0.2) is 82.2 Å². The first kappa shape index (κ1) is 86.6. The zero-order valence-electron chi connectivity index (χ0n) is 59.9. The summed E-state index contributed by atoms with van der Waals surface area (Å²) in [6.45, 7) is 24.9. The largest absolute Gasteiger partial charge is 0.479 e. The molecular weight excluding hydrogens is 1180 g/mol. The van der Waals surface area contributed by atoms with Gasteiger partial charge in [-0.05, 0) is 155 Å². The van der Waals surface area contributed by atoms with Gasteiger partial charge in [0.1, 0.15) is 0 Å². The number of ketones is 4. The lowest BCUT2D eigenvalue weighted by molar-refractivity contribution is -0.146. The molecule has 3 aliphatic heterocycles. The second-order valence-electron chi connectivity index (χ2n) is 25.2. The highest BCUT2D eigenvalue weighted by Gasteiger charge is 2.31. The quantitative estimate of drug-likeness (QED) is 0.0165. The van der Waals surface area contributed by atoms with E-state index in [0.29, 0.717) is 31.6 Å². The Labute approximate surface area is 561 Å². The van der Waals surface area contributed by atoms with Crippen molar-refractivity contribution in [3.8, 4) is 0 Å². The lowest BCUT2D eigenvalue weighted by atomic mass is 10.1. The highest BCUT2D eigenvalue weighted by Crippen LogP contribution is 2.21. The van der Waals surface area contributed by atoms with Crippen LogP contribution >= 0.6 is 0 Å². The summed E-state index contributed by atoms with van der Waals surface area (Å²) in [5.41, 5.74) is 4.24. The van der Waals surface area contributed by atoms with E-state index in [0.717, 1.165) is 131 Å². The molecule has 4 unspecified atom stereocenters. The number of unbranched alkanes of at least 4 members (excludes halogenated alkanes) is 20. The standard InChI is InChI=1S/C20H33NO3.C19H33NO4.C19H31NO3.C18H29NO3/c1-4-6-8-9-11-12-16(3)14-17(22)15-19-21-20(23)18(24-19)13-10-7-5-2;1-4-6-8-9-10-11-15(3)13-16(21)14-18(20)24-17(19(22)23)12-7-5-2;1-4-6-8-9-10-11-15(3)13-16(21)14-18-20-19(22)17(23-18)12-7-5-2;1-4-6-8-9-10-14(3)12-15(20)13-17-19-18(21)16(22-17)11-7-5-2/h14-15,18H,4-13H2,1-3H3,(H,21,23);13,17,20H,4-12,14H2,1-3H3,(H,22,23);13-14,17H,4-12H2,1-3H3,(H,20,22);12-13,16H,4-11H2,1-3H3,(H,19,21)/b16-14+,19-15+;15-13+,20-18?;15-13+,18-14+;14-12+,17-13+. The van der Waals surface area contributed by atoms with Crippen molar-refractivity contribution in [1.29, 1.82) is 5.41 Å². The maximum Gasteiger partial charge on any atom is 0.344 e. The molecule has 528 valence electrons. The van der Waals surface area contributed by atoms with E-state index in [1.54, 1.807) is 24.3 Å². The summed E-state index contributed by atoms with van der Waals surface area (Å²) >= 11 is 0. The van der Waals surface area contributed by atoms with Crippen molar-refractivity contribution in [1.82, 2.24) is 16.0 Å². The maximum absolute atomic E-state index is 12.0. The highest BCUT2D eigenvalue weighted by molar-refractivity contribution is 6.04. The summed E-state index contributed by atoms with van der Waals surface area (Å²) in [6.07, 6.45) is 45.9. The predicted octanol–water partition coefficient (Wildman–Crippen LogP) is 18.1. The van der Waals surface area contributed by atoms with Gasteiger partial charge in [0.2, 0.25) is 0 Å². The first-order valence-corrected chi connectivity index (χ1v) is 36.0. The molecule has 3 heterocycles. The van der Waals surface area contributed by atoms with Crippen LogP contribution < -0.4 is 16.0 Å². The number of hydrogen-bond acceptors (Lipinski definition) is 13. The molecule has 0 aromatic rings. The van der Waals surface area contributed by atoms with Crippen molar-refractivity contribution in [2.75, 3.05) is 0 Å². The average molecular weight is 1300 g/mol. The Morgan fingerprint density at radius 2 is 0.699 bits per heavy atom. The van der Waals surface area contributed by atoms with Crippen molar-refractivity contribution in [2.45, 2.75) is 345 Å². The topological polar surface area (TPSA) is 254 Å². The summed E-state index contributed by atoms with van der Waals surface area (Å²) in [5.74, 6) is -1.49.